The molecule has 0 unspecified atom stereocenters. The van der Waals surface area contributed by atoms with E-state index in [4.69, 9.17) is 4.74 Å². The third-order valence-corrected chi connectivity index (χ3v) is 8.21. The molecular weight excluding hydrogens is 414 g/mol. The van der Waals surface area contributed by atoms with Crippen molar-refractivity contribution < 1.29 is 25.2 Å². The van der Waals surface area contributed by atoms with E-state index < -0.39 is 28.5 Å². The molecule has 2 aliphatic heterocycles. The number of hydrogen-bond donors (Lipinski definition) is 4. The van der Waals surface area contributed by atoms with Crippen molar-refractivity contribution in [3.8, 4) is 0 Å². The fourth-order valence-electron chi connectivity index (χ4n) is 4.69. The first-order valence-corrected chi connectivity index (χ1v) is 11.5. The fourth-order valence-corrected chi connectivity index (χ4v) is 6.24. The lowest BCUT2D eigenvalue weighted by molar-refractivity contribution is -0.147. The van der Waals surface area contributed by atoms with Crippen molar-refractivity contribution in [3.05, 3.63) is 70.9 Å². The van der Waals surface area contributed by atoms with Crippen LogP contribution in [-0.2, 0) is 29.2 Å². The number of rotatable bonds is 4. The maximum Gasteiger partial charge on any atom is 0.169 e. The third-order valence-electron chi connectivity index (χ3n) is 6.55. The minimum atomic E-state index is -1.40. The number of hydrogen-bond acceptors (Lipinski definition) is 6. The number of aryl methyl sites for hydroxylation is 1. The molecule has 3 heterocycles. The molecule has 0 bridgehead atoms. The highest BCUT2D eigenvalue weighted by molar-refractivity contribution is 8.00. The van der Waals surface area contributed by atoms with Crippen molar-refractivity contribution >= 4 is 22.7 Å². The first kappa shape index (κ1) is 21.0. The molecule has 6 nitrogen and oxygen atoms in total. The number of fused-ring (bicyclic) bond motifs is 3. The topological polar surface area (TPSA) is 95.1 Å². The minimum absolute atomic E-state index is 0.306. The van der Waals surface area contributed by atoms with E-state index in [2.05, 4.69) is 54.1 Å². The molecule has 3 aromatic rings. The predicted octanol–water partition coefficient (Wildman–Crippen LogP) is 2.13. The highest BCUT2D eigenvalue weighted by atomic mass is 32.2. The van der Waals surface area contributed by atoms with E-state index in [0.29, 0.717) is 6.61 Å². The number of nitrogens with zero attached hydrogens (tertiary/aromatic N) is 1. The second kappa shape index (κ2) is 7.92. The van der Waals surface area contributed by atoms with Gasteiger partial charge in [0.05, 0.1) is 24.6 Å². The maximum absolute atomic E-state index is 10.9. The largest absolute Gasteiger partial charge is 0.395 e. The van der Waals surface area contributed by atoms with Crippen molar-refractivity contribution in [2.24, 2.45) is 0 Å². The van der Waals surface area contributed by atoms with Gasteiger partial charge in [-0.15, -0.1) is 11.8 Å². The number of aromatic nitrogens is 1. The zero-order chi connectivity index (χ0) is 21.8. The van der Waals surface area contributed by atoms with Crippen LogP contribution in [0.4, 0.5) is 0 Å². The summed E-state index contributed by atoms with van der Waals surface area (Å²) < 4.78 is 8.22. The lowest BCUT2D eigenvalue weighted by Crippen LogP contribution is -2.58. The summed E-state index contributed by atoms with van der Waals surface area (Å²) in [5.74, 6) is 0. The third kappa shape index (κ3) is 3.31. The Labute approximate surface area is 185 Å². The molecular formula is C24H27NO5S. The van der Waals surface area contributed by atoms with Gasteiger partial charge in [-0.2, -0.15) is 0 Å². The highest BCUT2D eigenvalue weighted by Crippen LogP contribution is 2.54. The maximum atomic E-state index is 10.9. The van der Waals surface area contributed by atoms with Gasteiger partial charge in [0, 0.05) is 23.8 Å². The van der Waals surface area contributed by atoms with E-state index in [-0.39, 0.29) is 6.61 Å². The van der Waals surface area contributed by atoms with E-state index >= 15 is 0 Å². The van der Waals surface area contributed by atoms with Gasteiger partial charge in [0.25, 0.3) is 0 Å². The number of aliphatic hydroxyl groups excluding tert-OH is 4. The molecule has 1 saturated heterocycles. The standard InChI is InChI=1S/C24H27NO5S/c1-2-14-3-5-15(6-4-14)11-25-8-7-16-9-17-13-30-24(18(17)10-19(16)25)23(29)22(28)21(27)20(12-26)31-24/h3-10,20-23,26-29H,2,11-13H2,1H3/t20-,21-,22+,23-,24+/m1/s1. The summed E-state index contributed by atoms with van der Waals surface area (Å²) in [4.78, 5) is -1.21. The first-order valence-electron chi connectivity index (χ1n) is 10.6. The Balaban J connectivity index is 1.55. The molecule has 5 atom stereocenters. The van der Waals surface area contributed by atoms with Gasteiger partial charge in [-0.05, 0) is 46.7 Å². The van der Waals surface area contributed by atoms with Gasteiger partial charge < -0.3 is 29.7 Å². The van der Waals surface area contributed by atoms with Gasteiger partial charge in [-0.1, -0.05) is 31.2 Å². The van der Waals surface area contributed by atoms with Gasteiger partial charge >= 0.3 is 0 Å². The van der Waals surface area contributed by atoms with Crippen LogP contribution in [0, 0.1) is 0 Å². The van der Waals surface area contributed by atoms with E-state index in [9.17, 15) is 20.4 Å². The summed E-state index contributed by atoms with van der Waals surface area (Å²) >= 11 is 1.19. The van der Waals surface area contributed by atoms with Crippen LogP contribution in [0.5, 0.6) is 0 Å². The van der Waals surface area contributed by atoms with Gasteiger partial charge in [0.15, 0.2) is 4.93 Å². The second-order valence-electron chi connectivity index (χ2n) is 8.40. The van der Waals surface area contributed by atoms with Gasteiger partial charge in [-0.3, -0.25) is 0 Å². The van der Waals surface area contributed by atoms with Crippen molar-refractivity contribution in [2.75, 3.05) is 6.61 Å². The van der Waals surface area contributed by atoms with Gasteiger partial charge in [0.2, 0.25) is 0 Å². The van der Waals surface area contributed by atoms with Crippen molar-refractivity contribution in [1.82, 2.24) is 4.57 Å². The lowest BCUT2D eigenvalue weighted by atomic mass is 9.92. The molecule has 5 rings (SSSR count). The minimum Gasteiger partial charge on any atom is -0.395 e. The quantitative estimate of drug-likeness (QED) is 0.496. The highest BCUT2D eigenvalue weighted by Gasteiger charge is 2.57. The Morgan fingerprint density at radius 1 is 1.06 bits per heavy atom. The molecule has 1 spiro atoms. The number of thioether (sulfide) groups is 1. The molecule has 7 heteroatoms. The summed E-state index contributed by atoms with van der Waals surface area (Å²) in [5.41, 5.74) is 5.26. The Morgan fingerprint density at radius 2 is 1.81 bits per heavy atom. The van der Waals surface area contributed by atoms with Crippen molar-refractivity contribution in [1.29, 1.82) is 0 Å². The van der Waals surface area contributed by atoms with Crippen LogP contribution in [-0.4, -0.2) is 55.2 Å². The number of ether oxygens (including phenoxy) is 1. The van der Waals surface area contributed by atoms with E-state index in [1.54, 1.807) is 0 Å². The predicted molar refractivity (Wildman–Crippen MR) is 120 cm³/mol. The first-order chi connectivity index (χ1) is 15.0. The summed E-state index contributed by atoms with van der Waals surface area (Å²) in [6.07, 6.45) is -0.860. The van der Waals surface area contributed by atoms with Crippen LogP contribution in [0.25, 0.3) is 10.9 Å². The molecule has 0 radical (unpaired) electrons. The van der Waals surface area contributed by atoms with Crippen molar-refractivity contribution in [3.63, 3.8) is 0 Å². The summed E-state index contributed by atoms with van der Waals surface area (Å²) in [6, 6.07) is 14.7. The Bertz CT molecular complexity index is 1100. The van der Waals surface area contributed by atoms with Crippen LogP contribution < -0.4 is 0 Å². The average molecular weight is 442 g/mol. The smallest absolute Gasteiger partial charge is 0.169 e. The van der Waals surface area contributed by atoms with Gasteiger partial charge in [0.1, 0.15) is 12.2 Å². The fraction of sp³-hybridized carbons (Fsp3) is 0.417. The summed E-state index contributed by atoms with van der Waals surface area (Å²) in [7, 11) is 0. The number of benzene rings is 2. The second-order valence-corrected chi connectivity index (χ2v) is 9.85. The normalized spacial score (nSPS) is 30.2. The Kier molecular flexibility index (Phi) is 5.37. The Hall–Kier alpha value is -1.87. The number of aliphatic hydroxyl groups is 4. The zero-order valence-electron chi connectivity index (χ0n) is 17.3. The monoisotopic (exact) mass is 441 g/mol. The zero-order valence-corrected chi connectivity index (χ0v) is 18.1. The molecule has 2 aliphatic rings. The van der Waals surface area contributed by atoms with Crippen LogP contribution >= 0.6 is 11.8 Å². The Morgan fingerprint density at radius 3 is 2.52 bits per heavy atom. The van der Waals surface area contributed by atoms with Crippen LogP contribution in [0.3, 0.4) is 0 Å². The van der Waals surface area contributed by atoms with Gasteiger partial charge in [-0.25, -0.2) is 0 Å². The SMILES string of the molecule is CCc1ccc(Cn2ccc3cc4c(cc32)[C@]2(OC4)S[C@H](CO)[C@@H](O)[C@H](O)[C@H]2O)cc1. The van der Waals surface area contributed by atoms with Crippen LogP contribution in [0.1, 0.15) is 29.2 Å². The summed E-state index contributed by atoms with van der Waals surface area (Å²) in [5, 5.41) is 41.7. The van der Waals surface area contributed by atoms with E-state index in [1.165, 1.54) is 22.9 Å². The molecule has 0 amide bonds. The molecule has 164 valence electrons. The molecule has 4 N–H and O–H groups in total. The van der Waals surface area contributed by atoms with E-state index in [0.717, 1.165) is 35.0 Å². The molecule has 1 fully saturated rings. The lowest BCUT2D eigenvalue weighted by Gasteiger charge is -2.45. The van der Waals surface area contributed by atoms with E-state index in [1.807, 2.05) is 6.07 Å². The molecule has 31 heavy (non-hydrogen) atoms. The van der Waals surface area contributed by atoms with Crippen LogP contribution in [0.15, 0.2) is 48.7 Å². The molecule has 1 aromatic heterocycles. The summed E-state index contributed by atoms with van der Waals surface area (Å²) in [6.45, 7) is 2.85. The molecule has 0 saturated carbocycles. The van der Waals surface area contributed by atoms with Crippen LogP contribution in [0.2, 0.25) is 0 Å². The van der Waals surface area contributed by atoms with Crippen molar-refractivity contribution in [2.45, 2.75) is 55.0 Å². The average Bonchev–Trinajstić information content (AvgIpc) is 3.35. The molecule has 0 aliphatic carbocycles. The molecule has 2 aromatic carbocycles.